The van der Waals surface area contributed by atoms with Gasteiger partial charge in [0.1, 0.15) is 18.2 Å². The largest absolute Gasteiger partial charge is 0.492 e. The summed E-state index contributed by atoms with van der Waals surface area (Å²) in [5.41, 5.74) is 7.08. The third kappa shape index (κ3) is 6.01. The first-order valence-electron chi connectivity index (χ1n) is 15.2. The summed E-state index contributed by atoms with van der Waals surface area (Å²) < 4.78 is 20.5. The average molecular weight is 604 g/mol. The van der Waals surface area contributed by atoms with Gasteiger partial charge in [-0.3, -0.25) is 14.9 Å². The van der Waals surface area contributed by atoms with Gasteiger partial charge in [0.05, 0.1) is 23.3 Å². The Morgan fingerprint density at radius 1 is 1.00 bits per heavy atom. The van der Waals surface area contributed by atoms with Gasteiger partial charge in [-0.05, 0) is 74.5 Å². The lowest BCUT2D eigenvalue weighted by Crippen LogP contribution is -2.20. The van der Waals surface area contributed by atoms with Gasteiger partial charge >= 0.3 is 0 Å². The third-order valence-corrected chi connectivity index (χ3v) is 8.40. The standard InChI is InChI=1S/C35H34FN7O2/c1-43(2)10-11-45-27-14-22(12-25(36)16-27)28-8-5-9-31-29(28)17-32(40-31)33-30-15-24(19-38-34(30)42-41-33)23-13-26(20-37-18-23)39-35(44)21-6-3-4-7-21/h5,8-9,12-21,40H,3-4,6-7,10-11H2,1-2H3,(H,39,44)(H,38,41,42). The lowest BCUT2D eigenvalue weighted by atomic mass is 10.0. The van der Waals surface area contributed by atoms with E-state index in [1.54, 1.807) is 18.6 Å². The average Bonchev–Trinajstić information content (AvgIpc) is 3.80. The summed E-state index contributed by atoms with van der Waals surface area (Å²) in [5.74, 6) is 0.271. The summed E-state index contributed by atoms with van der Waals surface area (Å²) in [6.07, 6.45) is 9.28. The molecule has 228 valence electrons. The van der Waals surface area contributed by atoms with E-state index < -0.39 is 0 Å². The fourth-order valence-electron chi connectivity index (χ4n) is 6.05. The smallest absolute Gasteiger partial charge is 0.227 e. The zero-order chi connectivity index (χ0) is 30.9. The lowest BCUT2D eigenvalue weighted by molar-refractivity contribution is -0.119. The Hall–Kier alpha value is -5.09. The Morgan fingerprint density at radius 3 is 2.69 bits per heavy atom. The molecule has 4 heterocycles. The molecule has 7 rings (SSSR count). The van der Waals surface area contributed by atoms with Crippen LogP contribution in [-0.2, 0) is 4.79 Å². The zero-order valence-corrected chi connectivity index (χ0v) is 25.2. The minimum Gasteiger partial charge on any atom is -0.492 e. The van der Waals surface area contributed by atoms with Crippen LogP contribution in [0.4, 0.5) is 10.1 Å². The Bertz CT molecular complexity index is 2010. The van der Waals surface area contributed by atoms with Crippen molar-refractivity contribution in [3.05, 3.63) is 79.0 Å². The molecule has 1 aliphatic rings. The monoisotopic (exact) mass is 603 g/mol. The first-order chi connectivity index (χ1) is 21.9. The number of hydrogen-bond donors (Lipinski definition) is 3. The topological polar surface area (TPSA) is 112 Å². The van der Waals surface area contributed by atoms with Crippen molar-refractivity contribution in [2.24, 2.45) is 5.92 Å². The number of aromatic amines is 2. The van der Waals surface area contributed by atoms with Crippen LogP contribution in [-0.4, -0.2) is 63.2 Å². The molecule has 0 bridgehead atoms. The van der Waals surface area contributed by atoms with Gasteiger partial charge in [0.15, 0.2) is 5.65 Å². The van der Waals surface area contributed by atoms with Crippen LogP contribution >= 0.6 is 0 Å². The molecule has 0 atom stereocenters. The van der Waals surface area contributed by atoms with E-state index in [0.29, 0.717) is 23.7 Å². The Morgan fingerprint density at radius 2 is 1.84 bits per heavy atom. The van der Waals surface area contributed by atoms with E-state index in [0.717, 1.165) is 82.2 Å². The van der Waals surface area contributed by atoms with E-state index in [2.05, 4.69) is 30.5 Å². The van der Waals surface area contributed by atoms with Crippen LogP contribution in [0.25, 0.3) is 55.6 Å². The zero-order valence-electron chi connectivity index (χ0n) is 25.2. The number of nitrogens with zero attached hydrogens (tertiary/aromatic N) is 4. The van der Waals surface area contributed by atoms with Crippen molar-refractivity contribution >= 4 is 33.5 Å². The number of pyridine rings is 2. The first-order valence-corrected chi connectivity index (χ1v) is 15.2. The molecule has 10 heteroatoms. The molecule has 1 amide bonds. The number of H-pyrrole nitrogens is 2. The molecule has 0 unspecified atom stereocenters. The number of ether oxygens (including phenoxy) is 1. The van der Waals surface area contributed by atoms with Gasteiger partial charge in [0.25, 0.3) is 0 Å². The van der Waals surface area contributed by atoms with Gasteiger partial charge < -0.3 is 19.9 Å². The number of halogens is 1. The van der Waals surface area contributed by atoms with E-state index in [1.807, 2.05) is 61.5 Å². The summed E-state index contributed by atoms with van der Waals surface area (Å²) in [5, 5.41) is 12.4. The van der Waals surface area contributed by atoms with E-state index >= 15 is 0 Å². The number of benzene rings is 2. The van der Waals surface area contributed by atoms with Gasteiger partial charge in [0, 0.05) is 58.3 Å². The minimum absolute atomic E-state index is 0.0571. The quantitative estimate of drug-likeness (QED) is 0.163. The SMILES string of the molecule is CN(C)CCOc1cc(F)cc(-c2cccc3[nH]c(-c4[nH]nc5ncc(-c6cncc(NC(=O)C7CCCC7)c6)cc45)cc23)c1. The summed E-state index contributed by atoms with van der Waals surface area (Å²) in [6, 6.07) is 16.7. The van der Waals surface area contributed by atoms with Crippen LogP contribution in [0.2, 0.25) is 0 Å². The molecule has 0 radical (unpaired) electrons. The van der Waals surface area contributed by atoms with Crippen LogP contribution in [0.5, 0.6) is 5.75 Å². The highest BCUT2D eigenvalue weighted by Crippen LogP contribution is 2.36. The number of fused-ring (bicyclic) bond motifs is 2. The maximum absolute atomic E-state index is 14.7. The van der Waals surface area contributed by atoms with Gasteiger partial charge in [-0.15, -0.1) is 0 Å². The fraction of sp³-hybridized carbons (Fsp3) is 0.257. The summed E-state index contributed by atoms with van der Waals surface area (Å²) in [7, 11) is 3.94. The van der Waals surface area contributed by atoms with Crippen LogP contribution in [0.3, 0.4) is 0 Å². The van der Waals surface area contributed by atoms with E-state index in [4.69, 9.17) is 4.74 Å². The molecular weight excluding hydrogens is 569 g/mol. The van der Waals surface area contributed by atoms with E-state index in [1.165, 1.54) is 12.1 Å². The molecule has 1 aliphatic carbocycles. The highest BCUT2D eigenvalue weighted by Gasteiger charge is 2.23. The van der Waals surface area contributed by atoms with Gasteiger partial charge in [-0.1, -0.05) is 25.0 Å². The van der Waals surface area contributed by atoms with Crippen molar-refractivity contribution in [2.75, 3.05) is 32.6 Å². The normalized spacial score (nSPS) is 13.7. The second-order valence-electron chi connectivity index (χ2n) is 11.9. The Labute approximate surface area is 259 Å². The first kappa shape index (κ1) is 28.7. The number of carbonyl (C=O) groups is 1. The van der Waals surface area contributed by atoms with Crippen molar-refractivity contribution < 1.29 is 13.9 Å². The van der Waals surface area contributed by atoms with Crippen LogP contribution in [0.1, 0.15) is 25.7 Å². The van der Waals surface area contributed by atoms with E-state index in [-0.39, 0.29) is 17.6 Å². The maximum Gasteiger partial charge on any atom is 0.227 e. The van der Waals surface area contributed by atoms with Crippen molar-refractivity contribution in [3.8, 4) is 39.4 Å². The minimum atomic E-state index is -0.352. The fourth-order valence-corrected chi connectivity index (χ4v) is 6.05. The highest BCUT2D eigenvalue weighted by molar-refractivity contribution is 6.01. The number of rotatable bonds is 9. The molecule has 2 aromatic carbocycles. The van der Waals surface area contributed by atoms with Crippen molar-refractivity contribution in [1.82, 2.24) is 30.0 Å². The molecular formula is C35H34FN7O2. The number of carbonyl (C=O) groups excluding carboxylic acids is 1. The molecule has 9 nitrogen and oxygen atoms in total. The third-order valence-electron chi connectivity index (χ3n) is 8.40. The lowest BCUT2D eigenvalue weighted by Gasteiger charge is -2.12. The number of hydrogen-bond acceptors (Lipinski definition) is 6. The van der Waals surface area contributed by atoms with Gasteiger partial charge in [0.2, 0.25) is 5.91 Å². The molecule has 3 N–H and O–H groups in total. The molecule has 1 saturated carbocycles. The Balaban J connectivity index is 1.20. The number of aromatic nitrogens is 5. The molecule has 1 fully saturated rings. The summed E-state index contributed by atoms with van der Waals surface area (Å²) in [4.78, 5) is 27.2. The van der Waals surface area contributed by atoms with Gasteiger partial charge in [-0.2, -0.15) is 5.10 Å². The van der Waals surface area contributed by atoms with Crippen LogP contribution in [0.15, 0.2) is 73.2 Å². The molecule has 4 aromatic heterocycles. The van der Waals surface area contributed by atoms with Crippen LogP contribution < -0.4 is 10.1 Å². The summed E-state index contributed by atoms with van der Waals surface area (Å²) >= 11 is 0. The second-order valence-corrected chi connectivity index (χ2v) is 11.9. The molecule has 0 spiro atoms. The predicted octanol–water partition coefficient (Wildman–Crippen LogP) is 7.04. The molecule has 45 heavy (non-hydrogen) atoms. The number of likely N-dealkylation sites (N-methyl/N-ethyl adjacent to an activating group) is 1. The molecule has 0 saturated heterocycles. The number of anilines is 1. The Kier molecular flexibility index (Phi) is 7.72. The van der Waals surface area contributed by atoms with Gasteiger partial charge in [-0.25, -0.2) is 9.37 Å². The number of amides is 1. The molecule has 0 aliphatic heterocycles. The van der Waals surface area contributed by atoms with Crippen molar-refractivity contribution in [1.29, 1.82) is 0 Å². The number of nitrogens with one attached hydrogen (secondary N) is 3. The molecule has 6 aromatic rings. The predicted molar refractivity (Wildman–Crippen MR) is 174 cm³/mol. The van der Waals surface area contributed by atoms with Crippen molar-refractivity contribution in [2.45, 2.75) is 25.7 Å². The maximum atomic E-state index is 14.7. The highest BCUT2D eigenvalue weighted by atomic mass is 19.1. The van der Waals surface area contributed by atoms with E-state index in [9.17, 15) is 9.18 Å². The second kappa shape index (κ2) is 12.1. The van der Waals surface area contributed by atoms with Crippen LogP contribution in [0, 0.1) is 11.7 Å². The summed E-state index contributed by atoms with van der Waals surface area (Å²) in [6.45, 7) is 1.20. The van der Waals surface area contributed by atoms with Crippen molar-refractivity contribution in [3.63, 3.8) is 0 Å².